The van der Waals surface area contributed by atoms with Gasteiger partial charge in [0.15, 0.2) is 0 Å². The lowest BCUT2D eigenvalue weighted by Gasteiger charge is -2.34. The van der Waals surface area contributed by atoms with Crippen molar-refractivity contribution in [2.75, 3.05) is 26.2 Å². The Kier molecular flexibility index (Phi) is 7.51. The lowest BCUT2D eigenvalue weighted by atomic mass is 9.95. The number of benzene rings is 2. The zero-order valence-electron chi connectivity index (χ0n) is 17.2. The summed E-state index contributed by atoms with van der Waals surface area (Å²) in [6, 6.07) is 20.0. The summed E-state index contributed by atoms with van der Waals surface area (Å²) in [6.07, 6.45) is 2.11. The first-order valence-corrected chi connectivity index (χ1v) is 10.5. The molecule has 2 aliphatic heterocycles. The second kappa shape index (κ2) is 10.1. The Morgan fingerprint density at radius 2 is 1.57 bits per heavy atom. The number of nitrogens with two attached hydrogens (primary N) is 1. The Hall–Kier alpha value is -2.37. The van der Waals surface area contributed by atoms with Crippen molar-refractivity contribution in [3.63, 3.8) is 0 Å². The molecule has 0 radical (unpaired) electrons. The number of carbonyl (C=O) groups excluding carboxylic acids is 2. The molecule has 2 N–H and O–H groups in total. The highest BCUT2D eigenvalue weighted by molar-refractivity contribution is 5.85. The normalized spacial score (nSPS) is 23.7. The average Bonchev–Trinajstić information content (AvgIpc) is 3.16. The molecule has 2 aromatic carbocycles. The van der Waals surface area contributed by atoms with Crippen molar-refractivity contribution in [2.24, 2.45) is 11.7 Å². The van der Waals surface area contributed by atoms with E-state index < -0.39 is 0 Å². The topological polar surface area (TPSA) is 66.6 Å². The molecule has 2 heterocycles. The second-order valence-electron chi connectivity index (χ2n) is 8.27. The quantitative estimate of drug-likeness (QED) is 0.815. The van der Waals surface area contributed by atoms with Gasteiger partial charge in [-0.1, -0.05) is 60.7 Å². The van der Waals surface area contributed by atoms with Crippen molar-refractivity contribution in [3.05, 3.63) is 71.8 Å². The largest absolute Gasteiger partial charge is 0.342 e. The maximum atomic E-state index is 13.2. The van der Waals surface area contributed by atoms with Gasteiger partial charge in [0, 0.05) is 38.1 Å². The number of amides is 2. The van der Waals surface area contributed by atoms with Gasteiger partial charge in [-0.2, -0.15) is 0 Å². The molecular formula is C24H30ClN3O2. The highest BCUT2D eigenvalue weighted by Crippen LogP contribution is 2.29. The molecule has 0 bridgehead atoms. The number of likely N-dealkylation sites (tertiary alicyclic amines) is 2. The standard InChI is InChI=1S/C24H29N3O2.ClH/c25-22-17-27(16-21(22)19-10-5-2-6-11-19)24(29)20-12-7-13-26(15-20)23(28)14-18-8-3-1-4-9-18;/h1-6,8-11,20-22H,7,12-17,25H2;1H/t20?,21-,22+;/m0./s1. The van der Waals surface area contributed by atoms with Crippen LogP contribution in [0.2, 0.25) is 0 Å². The van der Waals surface area contributed by atoms with Gasteiger partial charge in [0.05, 0.1) is 12.3 Å². The van der Waals surface area contributed by atoms with Crippen LogP contribution in [0.5, 0.6) is 0 Å². The molecular weight excluding hydrogens is 398 g/mol. The predicted molar refractivity (Wildman–Crippen MR) is 120 cm³/mol. The van der Waals surface area contributed by atoms with E-state index in [2.05, 4.69) is 12.1 Å². The first kappa shape index (κ1) is 22.3. The van der Waals surface area contributed by atoms with Crippen molar-refractivity contribution in [2.45, 2.75) is 31.2 Å². The van der Waals surface area contributed by atoms with E-state index in [4.69, 9.17) is 5.73 Å². The van der Waals surface area contributed by atoms with Gasteiger partial charge in [0.25, 0.3) is 0 Å². The van der Waals surface area contributed by atoms with Crippen LogP contribution in [0.3, 0.4) is 0 Å². The van der Waals surface area contributed by atoms with Gasteiger partial charge in [0.2, 0.25) is 11.8 Å². The molecule has 160 valence electrons. The lowest BCUT2D eigenvalue weighted by molar-refractivity contribution is -0.140. The van der Waals surface area contributed by atoms with Gasteiger partial charge in [-0.3, -0.25) is 9.59 Å². The number of rotatable bonds is 4. The van der Waals surface area contributed by atoms with E-state index in [0.717, 1.165) is 24.9 Å². The van der Waals surface area contributed by atoms with Gasteiger partial charge >= 0.3 is 0 Å². The highest BCUT2D eigenvalue weighted by Gasteiger charge is 2.38. The van der Waals surface area contributed by atoms with E-state index >= 15 is 0 Å². The fourth-order valence-corrected chi connectivity index (χ4v) is 4.61. The number of piperidine rings is 1. The Bertz CT molecular complexity index is 846. The molecule has 2 aliphatic rings. The fourth-order valence-electron chi connectivity index (χ4n) is 4.61. The summed E-state index contributed by atoms with van der Waals surface area (Å²) in [5, 5.41) is 0. The van der Waals surface area contributed by atoms with Crippen molar-refractivity contribution < 1.29 is 9.59 Å². The van der Waals surface area contributed by atoms with Crippen LogP contribution in [-0.4, -0.2) is 53.8 Å². The third-order valence-corrected chi connectivity index (χ3v) is 6.23. The van der Waals surface area contributed by atoms with Crippen molar-refractivity contribution in [3.8, 4) is 0 Å². The third kappa shape index (κ3) is 5.02. The summed E-state index contributed by atoms with van der Waals surface area (Å²) in [5.41, 5.74) is 8.58. The third-order valence-electron chi connectivity index (χ3n) is 6.23. The molecule has 2 saturated heterocycles. The summed E-state index contributed by atoms with van der Waals surface area (Å²) >= 11 is 0. The smallest absolute Gasteiger partial charge is 0.227 e. The van der Waals surface area contributed by atoms with Crippen molar-refractivity contribution >= 4 is 24.2 Å². The first-order chi connectivity index (χ1) is 14.1. The Balaban J connectivity index is 0.00000256. The van der Waals surface area contributed by atoms with Crippen LogP contribution in [-0.2, 0) is 16.0 Å². The molecule has 2 amide bonds. The number of hydrogen-bond acceptors (Lipinski definition) is 3. The van der Waals surface area contributed by atoms with E-state index in [1.807, 2.05) is 58.3 Å². The number of carbonyl (C=O) groups is 2. The fraction of sp³-hybridized carbons (Fsp3) is 0.417. The molecule has 6 heteroatoms. The van der Waals surface area contributed by atoms with Crippen LogP contribution in [0.25, 0.3) is 0 Å². The summed E-state index contributed by atoms with van der Waals surface area (Å²) in [5.74, 6) is 0.315. The van der Waals surface area contributed by atoms with Crippen LogP contribution < -0.4 is 5.73 Å². The highest BCUT2D eigenvalue weighted by atomic mass is 35.5. The molecule has 2 aromatic rings. The molecule has 0 saturated carbocycles. The molecule has 0 aromatic heterocycles. The van der Waals surface area contributed by atoms with E-state index in [0.29, 0.717) is 26.1 Å². The van der Waals surface area contributed by atoms with Gasteiger partial charge < -0.3 is 15.5 Å². The summed E-state index contributed by atoms with van der Waals surface area (Å²) in [7, 11) is 0. The molecule has 30 heavy (non-hydrogen) atoms. The van der Waals surface area contributed by atoms with E-state index in [1.54, 1.807) is 0 Å². The number of halogens is 1. The minimum Gasteiger partial charge on any atom is -0.342 e. The minimum absolute atomic E-state index is 0. The molecule has 3 atom stereocenters. The molecule has 0 spiro atoms. The zero-order valence-corrected chi connectivity index (χ0v) is 18.0. The molecule has 2 fully saturated rings. The average molecular weight is 428 g/mol. The molecule has 1 unspecified atom stereocenters. The van der Waals surface area contributed by atoms with Crippen LogP contribution >= 0.6 is 12.4 Å². The van der Waals surface area contributed by atoms with Crippen molar-refractivity contribution in [1.82, 2.24) is 9.80 Å². The van der Waals surface area contributed by atoms with Crippen LogP contribution in [0.4, 0.5) is 0 Å². The van der Waals surface area contributed by atoms with Crippen molar-refractivity contribution in [1.29, 1.82) is 0 Å². The van der Waals surface area contributed by atoms with Gasteiger partial charge in [-0.15, -0.1) is 12.4 Å². The summed E-state index contributed by atoms with van der Waals surface area (Å²) in [4.78, 5) is 29.7. The monoisotopic (exact) mass is 427 g/mol. The van der Waals surface area contributed by atoms with Crippen LogP contribution in [0, 0.1) is 5.92 Å². The number of nitrogens with zero attached hydrogens (tertiary/aromatic N) is 2. The van der Waals surface area contributed by atoms with E-state index in [1.165, 1.54) is 5.56 Å². The minimum atomic E-state index is -0.120. The SMILES string of the molecule is Cl.N[C@@H]1CN(C(=O)C2CCCN(C(=O)Cc3ccccc3)C2)C[C@H]1c1ccccc1. The lowest BCUT2D eigenvalue weighted by Crippen LogP contribution is -2.47. The maximum absolute atomic E-state index is 13.2. The Morgan fingerprint density at radius 1 is 0.900 bits per heavy atom. The predicted octanol–water partition coefficient (Wildman–Crippen LogP) is 2.84. The van der Waals surface area contributed by atoms with E-state index in [9.17, 15) is 9.59 Å². The Morgan fingerprint density at radius 3 is 2.27 bits per heavy atom. The molecule has 4 rings (SSSR count). The molecule has 5 nitrogen and oxygen atoms in total. The summed E-state index contributed by atoms with van der Waals surface area (Å²) < 4.78 is 0. The second-order valence-corrected chi connectivity index (χ2v) is 8.27. The first-order valence-electron chi connectivity index (χ1n) is 10.5. The van der Waals surface area contributed by atoms with Gasteiger partial charge in [0.1, 0.15) is 0 Å². The maximum Gasteiger partial charge on any atom is 0.227 e. The number of hydrogen-bond donors (Lipinski definition) is 1. The van der Waals surface area contributed by atoms with Crippen LogP contribution in [0.1, 0.15) is 29.9 Å². The summed E-state index contributed by atoms with van der Waals surface area (Å²) in [6.45, 7) is 2.51. The van der Waals surface area contributed by atoms with Gasteiger partial charge in [-0.25, -0.2) is 0 Å². The molecule has 0 aliphatic carbocycles. The van der Waals surface area contributed by atoms with Crippen LogP contribution in [0.15, 0.2) is 60.7 Å². The van der Waals surface area contributed by atoms with Gasteiger partial charge in [-0.05, 0) is 24.0 Å². The Labute approximate surface area is 184 Å². The van der Waals surface area contributed by atoms with E-state index in [-0.39, 0.29) is 42.1 Å². The zero-order chi connectivity index (χ0) is 20.2.